The van der Waals surface area contributed by atoms with Crippen molar-refractivity contribution in [3.8, 4) is 0 Å². The maximum atomic E-state index is 13.3. The molecule has 0 amide bonds. The zero-order chi connectivity index (χ0) is 29.7. The first kappa shape index (κ1) is 35.7. The van der Waals surface area contributed by atoms with Gasteiger partial charge in [0.05, 0.1) is 12.5 Å². The van der Waals surface area contributed by atoms with E-state index in [1.54, 1.807) is 0 Å². The molecular weight excluding hydrogens is 570 g/mol. The molecule has 18 heteroatoms. The summed E-state index contributed by atoms with van der Waals surface area (Å²) >= 11 is 0. The van der Waals surface area contributed by atoms with Crippen LogP contribution in [-0.4, -0.2) is 110 Å². The molecule has 0 fully saturated rings. The van der Waals surface area contributed by atoms with Crippen molar-refractivity contribution in [1.82, 2.24) is 13.7 Å². The van der Waals surface area contributed by atoms with Gasteiger partial charge in [0.25, 0.3) is 0 Å². The van der Waals surface area contributed by atoms with Gasteiger partial charge in [-0.2, -0.15) is 0 Å². The van der Waals surface area contributed by atoms with Crippen LogP contribution in [0.15, 0.2) is 14.4 Å². The van der Waals surface area contributed by atoms with Gasteiger partial charge in [-0.3, -0.25) is 0 Å². The molecule has 1 aromatic heterocycles. The highest BCUT2D eigenvalue weighted by atomic mass is 28.4. The second-order valence-corrected chi connectivity index (χ2v) is 18.9. The fourth-order valence-electron chi connectivity index (χ4n) is 4.21. The van der Waals surface area contributed by atoms with Gasteiger partial charge < -0.3 is 41.6 Å². The van der Waals surface area contributed by atoms with Crippen LogP contribution in [0.25, 0.3) is 0 Å². The van der Waals surface area contributed by atoms with E-state index in [4.69, 9.17) is 26.6 Å². The number of aromatic nitrogens is 3. The largest absolute Gasteiger partial charge is 0.500 e. The first-order valence-corrected chi connectivity index (χ1v) is 19.1. The summed E-state index contributed by atoms with van der Waals surface area (Å²) in [5, 5.41) is 18.7. The van der Waals surface area contributed by atoms with Gasteiger partial charge in [0, 0.05) is 74.4 Å². The monoisotopic (exact) mass is 615 g/mol. The van der Waals surface area contributed by atoms with E-state index in [1.165, 1.54) is 42.7 Å². The van der Waals surface area contributed by atoms with Crippen molar-refractivity contribution in [1.29, 1.82) is 0 Å². The Kier molecular flexibility index (Phi) is 15.4. The second-order valence-electron chi connectivity index (χ2n) is 9.10. The third kappa shape index (κ3) is 9.36. The van der Waals surface area contributed by atoms with Crippen molar-refractivity contribution in [3.05, 3.63) is 31.5 Å². The summed E-state index contributed by atoms with van der Waals surface area (Å²) in [4.78, 5) is 50.0. The average Bonchev–Trinajstić information content (AvgIpc) is 2.96. The molecule has 0 aliphatic heterocycles. The molecule has 0 saturated carbocycles. The minimum absolute atomic E-state index is 0.000907. The molecule has 0 radical (unpaired) electrons. The molecule has 1 aromatic rings. The number of rotatable bonds is 21. The number of aliphatic hydroxyl groups excluding tert-OH is 2. The van der Waals surface area contributed by atoms with E-state index in [1.807, 2.05) is 0 Å². The molecule has 0 unspecified atom stereocenters. The molecule has 228 valence electrons. The van der Waals surface area contributed by atoms with E-state index < -0.39 is 55.5 Å². The predicted molar refractivity (Wildman–Crippen MR) is 148 cm³/mol. The summed E-state index contributed by atoms with van der Waals surface area (Å²) in [6, 6.07) is 0.894. The van der Waals surface area contributed by atoms with Crippen molar-refractivity contribution in [3.63, 3.8) is 0 Å². The zero-order valence-corrected chi connectivity index (χ0v) is 26.8. The van der Waals surface area contributed by atoms with Gasteiger partial charge in [-0.15, -0.1) is 0 Å². The van der Waals surface area contributed by atoms with Crippen molar-refractivity contribution < 1.29 is 41.6 Å². The molecule has 0 aliphatic carbocycles. The third-order valence-electron chi connectivity index (χ3n) is 6.84. The molecule has 39 heavy (non-hydrogen) atoms. The van der Waals surface area contributed by atoms with Gasteiger partial charge in [0.15, 0.2) is 0 Å². The molecule has 0 aromatic carbocycles. The molecular formula is C21H45N3O12Si3. The molecule has 1 rings (SSSR count). The quantitative estimate of drug-likeness (QED) is 0.108. The molecule has 0 bridgehead atoms. The minimum atomic E-state index is -3.16. The van der Waals surface area contributed by atoms with Gasteiger partial charge in [0.2, 0.25) is 8.32 Å². The number of nitrogens with zero attached hydrogens (tertiary/aromatic N) is 3. The Balaban J connectivity index is 3.29. The third-order valence-corrected chi connectivity index (χ3v) is 15.0. The van der Waals surface area contributed by atoms with Gasteiger partial charge in [-0.05, 0) is 25.3 Å². The molecule has 1 heterocycles. The van der Waals surface area contributed by atoms with E-state index in [9.17, 15) is 29.4 Å². The first-order chi connectivity index (χ1) is 18.5. The predicted octanol–water partition coefficient (Wildman–Crippen LogP) is -1.51. The lowest BCUT2D eigenvalue weighted by Crippen LogP contribution is -2.55. The van der Waals surface area contributed by atoms with Crippen molar-refractivity contribution in [2.75, 3.05) is 55.1 Å². The fourth-order valence-corrected chi connectivity index (χ4v) is 8.94. The van der Waals surface area contributed by atoms with Crippen molar-refractivity contribution >= 4 is 25.9 Å². The molecule has 0 aliphatic rings. The number of aliphatic hydroxyl groups is 2. The van der Waals surface area contributed by atoms with E-state index in [0.717, 1.165) is 13.7 Å². The highest BCUT2D eigenvalue weighted by Crippen LogP contribution is 2.16. The lowest BCUT2D eigenvalue weighted by Gasteiger charge is -2.24. The van der Waals surface area contributed by atoms with Gasteiger partial charge in [0.1, 0.15) is 0 Å². The molecule has 3 N–H and O–H groups in total. The van der Waals surface area contributed by atoms with Gasteiger partial charge in [-0.25, -0.2) is 28.1 Å². The van der Waals surface area contributed by atoms with Crippen molar-refractivity contribution in [2.24, 2.45) is 0 Å². The SMILES string of the molecule is CO[Si](CCCn1c(=O)n(CCCC[Si](O)(CO)CO)c(=O)n(CCC[Si](OC)(OC)OC)c1=O)(OC)OC. The van der Waals surface area contributed by atoms with Crippen LogP contribution in [0, 0.1) is 0 Å². The molecule has 0 saturated heterocycles. The Labute approximate surface area is 231 Å². The molecule has 0 atom stereocenters. The fraction of sp³-hybridized carbons (Fsp3) is 0.857. The van der Waals surface area contributed by atoms with Crippen molar-refractivity contribution in [2.45, 2.75) is 63.4 Å². The van der Waals surface area contributed by atoms with Crippen LogP contribution in [0.3, 0.4) is 0 Å². The van der Waals surface area contributed by atoms with Crippen LogP contribution >= 0.6 is 0 Å². The van der Waals surface area contributed by atoms with Crippen LogP contribution in [0.4, 0.5) is 0 Å². The Morgan fingerprint density at radius 1 is 0.538 bits per heavy atom. The molecule has 15 nitrogen and oxygen atoms in total. The average molecular weight is 616 g/mol. The maximum absolute atomic E-state index is 13.3. The van der Waals surface area contributed by atoms with Gasteiger partial charge in [-0.1, -0.05) is 6.42 Å². The van der Waals surface area contributed by atoms with E-state index in [0.29, 0.717) is 37.8 Å². The van der Waals surface area contributed by atoms with Crippen LogP contribution < -0.4 is 17.1 Å². The smallest absolute Gasteiger partial charge is 0.428 e. The zero-order valence-electron chi connectivity index (χ0n) is 23.8. The summed E-state index contributed by atoms with van der Waals surface area (Å²) in [7, 11) is -0.216. The van der Waals surface area contributed by atoms with Gasteiger partial charge >= 0.3 is 34.7 Å². The lowest BCUT2D eigenvalue weighted by atomic mass is 10.3. The standard InChI is InChI=1S/C21H45N3O12Si3/c1-31-38(32-2,33-3)15-9-12-23-19(27)22(11-7-8-14-37(30,17-25)18-26)20(28)24(21(23)29)13-10-16-39(34-4,35-5)36-6/h25-26,30H,7-18H2,1-6H3. The van der Waals surface area contributed by atoms with Crippen LogP contribution in [-0.2, 0) is 46.2 Å². The van der Waals surface area contributed by atoms with Crippen LogP contribution in [0.2, 0.25) is 18.1 Å². The van der Waals surface area contributed by atoms with E-state index >= 15 is 0 Å². The van der Waals surface area contributed by atoms with E-state index in [-0.39, 0.29) is 25.7 Å². The minimum Gasteiger partial charge on any atom is -0.428 e. The molecule has 0 spiro atoms. The summed E-state index contributed by atoms with van der Waals surface area (Å²) in [5.41, 5.74) is -2.22. The first-order valence-electron chi connectivity index (χ1n) is 12.7. The Hall–Kier alpha value is -1.30. The lowest BCUT2D eigenvalue weighted by molar-refractivity contribution is 0.122. The summed E-state index contributed by atoms with van der Waals surface area (Å²) in [6.45, 7) is 0.0216. The topological polar surface area (TPSA) is 182 Å². The number of hydrogen-bond donors (Lipinski definition) is 3. The Morgan fingerprint density at radius 2 is 0.846 bits per heavy atom. The van der Waals surface area contributed by atoms with Crippen LogP contribution in [0.1, 0.15) is 25.7 Å². The normalized spacial score (nSPS) is 12.8. The Morgan fingerprint density at radius 3 is 1.13 bits per heavy atom. The van der Waals surface area contributed by atoms with Crippen LogP contribution in [0.5, 0.6) is 0 Å². The summed E-state index contributed by atoms with van der Waals surface area (Å²) < 4.78 is 35.5. The highest BCUT2D eigenvalue weighted by Gasteiger charge is 2.38. The number of hydrogen-bond acceptors (Lipinski definition) is 12. The maximum Gasteiger partial charge on any atom is 0.500 e. The highest BCUT2D eigenvalue weighted by molar-refractivity contribution is 6.72. The van der Waals surface area contributed by atoms with E-state index in [2.05, 4.69) is 0 Å². The Bertz CT molecular complexity index is 955. The number of unbranched alkanes of at least 4 members (excludes halogenated alkanes) is 1. The summed E-state index contributed by atoms with van der Waals surface area (Å²) in [6.07, 6.45) is 0.392. The second kappa shape index (κ2) is 16.8. The summed E-state index contributed by atoms with van der Waals surface area (Å²) in [5.74, 6) is 0.